The Hall–Kier alpha value is -0.780. The van der Waals surface area contributed by atoms with Gasteiger partial charge in [0.05, 0.1) is 0 Å². The lowest BCUT2D eigenvalue weighted by Gasteiger charge is -2.16. The highest BCUT2D eigenvalue weighted by atomic mass is 14.1. The summed E-state index contributed by atoms with van der Waals surface area (Å²) >= 11 is 0. The molecule has 0 aromatic carbocycles. The highest BCUT2D eigenvalue weighted by molar-refractivity contribution is 5.05. The van der Waals surface area contributed by atoms with E-state index in [0.717, 1.165) is 5.57 Å². The van der Waals surface area contributed by atoms with Crippen molar-refractivity contribution in [3.63, 3.8) is 0 Å². The molecule has 0 nitrogen and oxygen atoms in total. The number of allylic oxidation sites excluding steroid dienone is 3. The fourth-order valence-corrected chi connectivity index (χ4v) is 0. The van der Waals surface area contributed by atoms with E-state index in [-0.39, 0.29) is 0 Å². The molecule has 0 rings (SSSR count). The standard InChI is InChI=1S/C7H14.C5H8/c1-6(2)7(3,4)5;1-4-5(2)3/h1H2,2-5H3;4H,1-2H2,3H3. The maximum absolute atomic E-state index is 3.83. The van der Waals surface area contributed by atoms with E-state index in [1.807, 2.05) is 6.92 Å². The van der Waals surface area contributed by atoms with Crippen LogP contribution >= 0.6 is 0 Å². The van der Waals surface area contributed by atoms with Crippen molar-refractivity contribution in [2.75, 3.05) is 0 Å². The normalized spacial score (nSPS) is 9.42. The molecule has 0 spiro atoms. The molecule has 0 saturated carbocycles. The molecule has 0 heteroatoms. The van der Waals surface area contributed by atoms with Crippen molar-refractivity contribution in [3.8, 4) is 0 Å². The summed E-state index contributed by atoms with van der Waals surface area (Å²) in [5, 5.41) is 0. The van der Waals surface area contributed by atoms with Crippen molar-refractivity contribution >= 4 is 0 Å². The second-order valence-electron chi connectivity index (χ2n) is 4.08. The van der Waals surface area contributed by atoms with Crippen LogP contribution in [0.1, 0.15) is 34.6 Å². The summed E-state index contributed by atoms with van der Waals surface area (Å²) < 4.78 is 0. The van der Waals surface area contributed by atoms with Crippen molar-refractivity contribution in [1.29, 1.82) is 0 Å². The molecule has 0 fully saturated rings. The van der Waals surface area contributed by atoms with E-state index >= 15 is 0 Å². The lowest BCUT2D eigenvalue weighted by molar-refractivity contribution is 0.506. The first-order valence-electron chi connectivity index (χ1n) is 4.15. The average molecular weight is 166 g/mol. The SMILES string of the molecule is C=C(C)C(C)(C)C.C=CC(=C)C. The van der Waals surface area contributed by atoms with Crippen molar-refractivity contribution in [3.05, 3.63) is 37.0 Å². The summed E-state index contributed by atoms with van der Waals surface area (Å²) in [6, 6.07) is 0. The van der Waals surface area contributed by atoms with Crippen LogP contribution in [0, 0.1) is 5.41 Å². The van der Waals surface area contributed by atoms with Crippen LogP contribution in [0.2, 0.25) is 0 Å². The van der Waals surface area contributed by atoms with E-state index in [4.69, 9.17) is 0 Å². The summed E-state index contributed by atoms with van der Waals surface area (Å²) in [5.74, 6) is 0. The molecular weight excluding hydrogens is 144 g/mol. The molecule has 0 aliphatic rings. The Kier molecular flexibility index (Phi) is 6.68. The fourth-order valence-electron chi connectivity index (χ4n) is 0. The second kappa shape index (κ2) is 5.82. The minimum Gasteiger partial charge on any atom is -0.0996 e. The Balaban J connectivity index is 0. The lowest BCUT2D eigenvalue weighted by Crippen LogP contribution is -2.04. The molecule has 12 heavy (non-hydrogen) atoms. The Morgan fingerprint density at radius 3 is 1.25 bits per heavy atom. The molecule has 0 N–H and O–H groups in total. The molecule has 0 aromatic rings. The number of hydrogen-bond acceptors (Lipinski definition) is 0. The zero-order valence-corrected chi connectivity index (χ0v) is 9.20. The van der Waals surface area contributed by atoms with E-state index < -0.39 is 0 Å². The molecule has 0 saturated heterocycles. The van der Waals surface area contributed by atoms with Crippen LogP contribution in [0.25, 0.3) is 0 Å². The van der Waals surface area contributed by atoms with Crippen LogP contribution in [0.5, 0.6) is 0 Å². The van der Waals surface area contributed by atoms with Crippen molar-refractivity contribution in [2.24, 2.45) is 5.41 Å². The Morgan fingerprint density at radius 1 is 1.08 bits per heavy atom. The van der Waals surface area contributed by atoms with Gasteiger partial charge in [-0.2, -0.15) is 0 Å². The fraction of sp³-hybridized carbons (Fsp3) is 0.500. The number of rotatable bonds is 1. The quantitative estimate of drug-likeness (QED) is 0.401. The molecule has 0 amide bonds. The Morgan fingerprint density at radius 2 is 1.25 bits per heavy atom. The van der Waals surface area contributed by atoms with Gasteiger partial charge in [0.15, 0.2) is 0 Å². The molecule has 0 atom stereocenters. The van der Waals surface area contributed by atoms with Gasteiger partial charge in [-0.1, -0.05) is 57.7 Å². The van der Waals surface area contributed by atoms with Gasteiger partial charge in [0.1, 0.15) is 0 Å². The van der Waals surface area contributed by atoms with Crippen LogP contribution < -0.4 is 0 Å². The first kappa shape index (κ1) is 13.8. The molecule has 0 radical (unpaired) electrons. The highest BCUT2D eigenvalue weighted by Gasteiger charge is 2.08. The lowest BCUT2D eigenvalue weighted by atomic mass is 9.89. The molecule has 0 bridgehead atoms. The number of hydrogen-bond donors (Lipinski definition) is 0. The average Bonchev–Trinajstić information content (AvgIpc) is 1.87. The van der Waals surface area contributed by atoms with Crippen LogP contribution in [0.15, 0.2) is 37.0 Å². The van der Waals surface area contributed by atoms with Crippen LogP contribution in [0.3, 0.4) is 0 Å². The third-order valence-corrected chi connectivity index (χ3v) is 1.63. The summed E-state index contributed by atoms with van der Waals surface area (Å²) in [5.41, 5.74) is 2.57. The van der Waals surface area contributed by atoms with Gasteiger partial charge in [0.2, 0.25) is 0 Å². The Bertz CT molecular complexity index is 165. The van der Waals surface area contributed by atoms with E-state index in [1.165, 1.54) is 5.57 Å². The zero-order chi connectivity index (χ0) is 10.4. The van der Waals surface area contributed by atoms with E-state index in [2.05, 4.69) is 47.4 Å². The smallest absolute Gasteiger partial charge is 0.0178 e. The van der Waals surface area contributed by atoms with Crippen LogP contribution in [-0.2, 0) is 0 Å². The minimum absolute atomic E-state index is 0.306. The van der Waals surface area contributed by atoms with Crippen molar-refractivity contribution in [2.45, 2.75) is 34.6 Å². The minimum atomic E-state index is 0.306. The van der Waals surface area contributed by atoms with Gasteiger partial charge in [-0.25, -0.2) is 0 Å². The highest BCUT2D eigenvalue weighted by Crippen LogP contribution is 2.21. The molecule has 0 aromatic heterocycles. The first-order chi connectivity index (χ1) is 5.21. The van der Waals surface area contributed by atoms with Gasteiger partial charge in [-0.3, -0.25) is 0 Å². The van der Waals surface area contributed by atoms with Gasteiger partial charge in [0, 0.05) is 0 Å². The molecule has 0 aliphatic heterocycles. The van der Waals surface area contributed by atoms with Gasteiger partial charge >= 0.3 is 0 Å². The maximum atomic E-state index is 3.83. The Labute approximate surface area is 77.7 Å². The summed E-state index contributed by atoms with van der Waals surface area (Å²) in [6.07, 6.45) is 1.72. The zero-order valence-electron chi connectivity index (χ0n) is 9.20. The third kappa shape index (κ3) is 12.0. The largest absolute Gasteiger partial charge is 0.0996 e. The topological polar surface area (TPSA) is 0 Å². The van der Waals surface area contributed by atoms with E-state index in [1.54, 1.807) is 6.08 Å². The summed E-state index contributed by atoms with van der Waals surface area (Å²) in [7, 11) is 0. The van der Waals surface area contributed by atoms with Gasteiger partial charge in [-0.05, 0) is 19.3 Å². The summed E-state index contributed by atoms with van der Waals surface area (Å²) in [6.45, 7) is 21.3. The molecule has 0 aliphatic carbocycles. The monoisotopic (exact) mass is 166 g/mol. The van der Waals surface area contributed by atoms with E-state index in [0.29, 0.717) is 5.41 Å². The van der Waals surface area contributed by atoms with Crippen LogP contribution in [-0.4, -0.2) is 0 Å². The van der Waals surface area contributed by atoms with E-state index in [9.17, 15) is 0 Å². The van der Waals surface area contributed by atoms with Crippen LogP contribution in [0.4, 0.5) is 0 Å². The maximum Gasteiger partial charge on any atom is -0.0178 e. The van der Waals surface area contributed by atoms with Gasteiger partial charge in [0.25, 0.3) is 0 Å². The third-order valence-electron chi connectivity index (χ3n) is 1.63. The predicted octanol–water partition coefficient (Wildman–Crippen LogP) is 4.36. The molecule has 0 heterocycles. The van der Waals surface area contributed by atoms with Crippen molar-refractivity contribution < 1.29 is 0 Å². The summed E-state index contributed by atoms with van der Waals surface area (Å²) in [4.78, 5) is 0. The second-order valence-corrected chi connectivity index (χ2v) is 4.08. The predicted molar refractivity (Wildman–Crippen MR) is 59.3 cm³/mol. The molecule has 0 unspecified atom stereocenters. The molecular formula is C12H22. The van der Waals surface area contributed by atoms with Gasteiger partial charge < -0.3 is 0 Å². The van der Waals surface area contributed by atoms with Gasteiger partial charge in [-0.15, -0.1) is 0 Å². The molecule has 70 valence electrons. The first-order valence-corrected chi connectivity index (χ1v) is 4.15. The van der Waals surface area contributed by atoms with Crippen molar-refractivity contribution in [1.82, 2.24) is 0 Å².